The van der Waals surface area contributed by atoms with Crippen LogP contribution in [-0.4, -0.2) is 54.5 Å². The molecule has 2 aliphatic rings. The lowest BCUT2D eigenvalue weighted by atomic mass is 10.1. The molecule has 1 amide bonds. The fourth-order valence-electron chi connectivity index (χ4n) is 4.40. The highest BCUT2D eigenvalue weighted by Crippen LogP contribution is 2.25. The van der Waals surface area contributed by atoms with Crippen LogP contribution in [0.2, 0.25) is 0 Å². The minimum Gasteiger partial charge on any atom is -0.368 e. The highest BCUT2D eigenvalue weighted by atomic mass is 16.5. The Hall–Kier alpha value is -3.33. The van der Waals surface area contributed by atoms with E-state index in [4.69, 9.17) is 9.72 Å². The molecule has 9 nitrogen and oxygen atoms in total. The molecule has 1 aliphatic heterocycles. The number of hydrogen-bond acceptors (Lipinski definition) is 7. The number of carbonyl (C=O) groups is 1. The van der Waals surface area contributed by atoms with E-state index >= 15 is 0 Å². The van der Waals surface area contributed by atoms with E-state index in [-0.39, 0.29) is 18.6 Å². The zero-order valence-electron chi connectivity index (χ0n) is 18.4. The SMILES string of the molecule is C[C@@H](Cc1cnnn1C)OCC(=O)N1Cc2cnc(NC3Cc4ccccc4C3)nc2C1. The third kappa shape index (κ3) is 4.34. The molecule has 0 unspecified atom stereocenters. The predicted molar refractivity (Wildman–Crippen MR) is 118 cm³/mol. The van der Waals surface area contributed by atoms with Gasteiger partial charge in [-0.3, -0.25) is 9.48 Å². The van der Waals surface area contributed by atoms with Crippen molar-refractivity contribution in [3.8, 4) is 0 Å². The first-order chi connectivity index (χ1) is 15.5. The van der Waals surface area contributed by atoms with Gasteiger partial charge in [-0.15, -0.1) is 5.10 Å². The molecular formula is C23H27N7O2. The van der Waals surface area contributed by atoms with Gasteiger partial charge in [-0.25, -0.2) is 9.97 Å². The van der Waals surface area contributed by atoms with Gasteiger partial charge >= 0.3 is 0 Å². The van der Waals surface area contributed by atoms with Crippen LogP contribution in [0.25, 0.3) is 0 Å². The number of ether oxygens (including phenoxy) is 1. The molecule has 2 aromatic heterocycles. The van der Waals surface area contributed by atoms with Crippen molar-refractivity contribution < 1.29 is 9.53 Å². The average Bonchev–Trinajstić information content (AvgIpc) is 3.50. The Bertz CT molecular complexity index is 1100. The summed E-state index contributed by atoms with van der Waals surface area (Å²) < 4.78 is 7.49. The smallest absolute Gasteiger partial charge is 0.249 e. The number of hydrogen-bond donors (Lipinski definition) is 1. The number of aromatic nitrogens is 5. The Balaban J connectivity index is 1.13. The molecule has 1 aliphatic carbocycles. The maximum Gasteiger partial charge on any atom is 0.249 e. The molecule has 5 rings (SSSR count). The monoisotopic (exact) mass is 433 g/mol. The molecule has 0 spiro atoms. The number of aryl methyl sites for hydroxylation is 1. The van der Waals surface area contributed by atoms with Gasteiger partial charge in [0.25, 0.3) is 0 Å². The van der Waals surface area contributed by atoms with E-state index in [1.54, 1.807) is 15.8 Å². The molecule has 3 aromatic rings. The van der Waals surface area contributed by atoms with Crippen LogP contribution in [0.1, 0.15) is 35.0 Å². The van der Waals surface area contributed by atoms with Gasteiger partial charge in [0.1, 0.15) is 6.61 Å². The Morgan fingerprint density at radius 3 is 2.69 bits per heavy atom. The first-order valence-electron chi connectivity index (χ1n) is 11.0. The maximum absolute atomic E-state index is 12.7. The molecule has 0 saturated heterocycles. The summed E-state index contributed by atoms with van der Waals surface area (Å²) >= 11 is 0. The molecule has 166 valence electrons. The summed E-state index contributed by atoms with van der Waals surface area (Å²) in [6.45, 7) is 3.00. The zero-order chi connectivity index (χ0) is 22.1. The number of anilines is 1. The zero-order valence-corrected chi connectivity index (χ0v) is 18.4. The van der Waals surface area contributed by atoms with Crippen molar-refractivity contribution in [1.29, 1.82) is 0 Å². The van der Waals surface area contributed by atoms with E-state index in [0.717, 1.165) is 29.8 Å². The van der Waals surface area contributed by atoms with E-state index in [9.17, 15) is 4.79 Å². The molecule has 3 heterocycles. The maximum atomic E-state index is 12.7. The van der Waals surface area contributed by atoms with Crippen LogP contribution < -0.4 is 5.32 Å². The van der Waals surface area contributed by atoms with Crippen LogP contribution >= 0.6 is 0 Å². The average molecular weight is 434 g/mol. The van der Waals surface area contributed by atoms with Gasteiger partial charge in [-0.2, -0.15) is 0 Å². The van der Waals surface area contributed by atoms with Gasteiger partial charge in [0.15, 0.2) is 0 Å². The molecule has 0 bridgehead atoms. The minimum atomic E-state index is -0.104. The van der Waals surface area contributed by atoms with E-state index in [2.05, 4.69) is 44.9 Å². The molecular weight excluding hydrogens is 406 g/mol. The van der Waals surface area contributed by atoms with E-state index in [1.807, 2.05) is 20.2 Å². The van der Waals surface area contributed by atoms with E-state index in [1.165, 1.54) is 11.1 Å². The quantitative estimate of drug-likeness (QED) is 0.605. The lowest BCUT2D eigenvalue weighted by molar-refractivity contribution is -0.138. The lowest BCUT2D eigenvalue weighted by Crippen LogP contribution is -2.31. The van der Waals surface area contributed by atoms with Crippen molar-refractivity contribution in [3.05, 3.63) is 64.7 Å². The molecule has 1 aromatic carbocycles. The van der Waals surface area contributed by atoms with Crippen molar-refractivity contribution in [1.82, 2.24) is 29.9 Å². The molecule has 1 atom stereocenters. The van der Waals surface area contributed by atoms with E-state index < -0.39 is 0 Å². The van der Waals surface area contributed by atoms with Crippen molar-refractivity contribution in [3.63, 3.8) is 0 Å². The van der Waals surface area contributed by atoms with Crippen LogP contribution in [0.4, 0.5) is 5.95 Å². The highest BCUT2D eigenvalue weighted by molar-refractivity contribution is 5.78. The molecule has 9 heteroatoms. The van der Waals surface area contributed by atoms with Gasteiger partial charge < -0.3 is 15.0 Å². The summed E-state index contributed by atoms with van der Waals surface area (Å²) in [5, 5.41) is 11.3. The second-order valence-corrected chi connectivity index (χ2v) is 8.61. The lowest BCUT2D eigenvalue weighted by Gasteiger charge is -2.17. The fraction of sp³-hybridized carbons (Fsp3) is 0.435. The second-order valence-electron chi connectivity index (χ2n) is 8.61. The number of amides is 1. The first kappa shape index (κ1) is 20.6. The Kier molecular flexibility index (Phi) is 5.57. The Morgan fingerprint density at radius 1 is 1.19 bits per heavy atom. The molecule has 0 radical (unpaired) electrons. The van der Waals surface area contributed by atoms with Gasteiger partial charge in [-0.1, -0.05) is 29.5 Å². The summed E-state index contributed by atoms with van der Waals surface area (Å²) in [7, 11) is 1.84. The fourth-order valence-corrected chi connectivity index (χ4v) is 4.40. The van der Waals surface area contributed by atoms with Crippen molar-refractivity contribution in [2.75, 3.05) is 11.9 Å². The highest BCUT2D eigenvalue weighted by Gasteiger charge is 2.27. The summed E-state index contributed by atoms with van der Waals surface area (Å²) in [6.07, 6.45) is 6.05. The first-order valence-corrected chi connectivity index (χ1v) is 11.0. The number of rotatable bonds is 7. The predicted octanol–water partition coefficient (Wildman–Crippen LogP) is 1.67. The van der Waals surface area contributed by atoms with Crippen molar-refractivity contribution in [2.45, 2.75) is 51.4 Å². The number of nitrogens with one attached hydrogen (secondary N) is 1. The van der Waals surface area contributed by atoms with Crippen LogP contribution in [0.3, 0.4) is 0 Å². The van der Waals surface area contributed by atoms with Gasteiger partial charge in [0.2, 0.25) is 11.9 Å². The number of carbonyl (C=O) groups excluding carboxylic acids is 1. The van der Waals surface area contributed by atoms with Gasteiger partial charge in [0.05, 0.1) is 30.2 Å². The Labute approximate surface area is 186 Å². The largest absolute Gasteiger partial charge is 0.368 e. The number of fused-ring (bicyclic) bond motifs is 2. The molecule has 0 saturated carbocycles. The van der Waals surface area contributed by atoms with Crippen LogP contribution in [0.5, 0.6) is 0 Å². The number of nitrogens with zero attached hydrogens (tertiary/aromatic N) is 6. The molecule has 1 N–H and O–H groups in total. The summed E-state index contributed by atoms with van der Waals surface area (Å²) in [4.78, 5) is 23.6. The van der Waals surface area contributed by atoms with Crippen molar-refractivity contribution >= 4 is 11.9 Å². The van der Waals surface area contributed by atoms with Gasteiger partial charge in [0, 0.05) is 37.8 Å². The molecule has 32 heavy (non-hydrogen) atoms. The van der Waals surface area contributed by atoms with Crippen LogP contribution in [0.15, 0.2) is 36.7 Å². The van der Waals surface area contributed by atoms with Crippen molar-refractivity contribution in [2.24, 2.45) is 7.05 Å². The standard InChI is InChI=1S/C23H27N7O2/c1-15(7-20-11-25-28-29(20)2)32-14-22(31)30-12-18-10-24-23(27-21(18)13-30)26-19-8-16-5-3-4-6-17(16)9-19/h3-6,10-11,15,19H,7-9,12-14H2,1-2H3,(H,24,26,27)/t15-/m0/s1. The van der Waals surface area contributed by atoms with Crippen LogP contribution in [0, 0.1) is 0 Å². The normalized spacial score (nSPS) is 16.1. The van der Waals surface area contributed by atoms with Gasteiger partial charge in [-0.05, 0) is 30.9 Å². The summed E-state index contributed by atoms with van der Waals surface area (Å²) in [5.74, 6) is 0.587. The second kappa shape index (κ2) is 8.66. The summed E-state index contributed by atoms with van der Waals surface area (Å²) in [6, 6.07) is 8.83. The molecule has 0 fully saturated rings. The summed E-state index contributed by atoms with van der Waals surface area (Å²) in [5.41, 5.74) is 5.64. The van der Waals surface area contributed by atoms with Crippen LogP contribution in [-0.2, 0) is 48.9 Å². The van der Waals surface area contributed by atoms with E-state index in [0.29, 0.717) is 31.5 Å². The Morgan fingerprint density at radius 2 is 1.97 bits per heavy atom. The minimum absolute atomic E-state index is 0.0410. The third-order valence-corrected chi connectivity index (χ3v) is 6.19. The number of benzene rings is 1. The third-order valence-electron chi connectivity index (χ3n) is 6.19. The topological polar surface area (TPSA) is 98.1 Å².